The molecule has 7 heteroatoms. The fraction of sp³-hybridized carbons (Fsp3) is 0.625. The average molecular weight is 339 g/mol. The van der Waals surface area contributed by atoms with Crippen molar-refractivity contribution in [1.29, 1.82) is 0 Å². The van der Waals surface area contributed by atoms with Crippen molar-refractivity contribution in [2.24, 2.45) is 10.9 Å². The molecule has 1 heterocycles. The van der Waals surface area contributed by atoms with Crippen LogP contribution in [0.4, 0.5) is 4.79 Å². The van der Waals surface area contributed by atoms with Crippen LogP contribution in [-0.4, -0.2) is 33.7 Å². The van der Waals surface area contributed by atoms with Crippen LogP contribution in [0.1, 0.15) is 57.4 Å². The smallest absolute Gasteiger partial charge is 0.411 e. The number of nitrogens with two attached hydrogens (primary N) is 1. The summed E-state index contributed by atoms with van der Waals surface area (Å²) in [6, 6.07) is 3.22. The maximum Gasteiger partial charge on any atom is 0.411 e. The van der Waals surface area contributed by atoms with Crippen LogP contribution in [-0.2, 0) is 4.74 Å². The van der Waals surface area contributed by atoms with Gasteiger partial charge in [-0.2, -0.15) is 0 Å². The third-order valence-corrected chi connectivity index (χ3v) is 4.73. The van der Waals surface area contributed by atoms with Crippen molar-refractivity contribution in [1.82, 2.24) is 4.90 Å². The first-order valence-electron chi connectivity index (χ1n) is 7.85. The van der Waals surface area contributed by atoms with Crippen molar-refractivity contribution in [2.75, 3.05) is 0 Å². The Morgan fingerprint density at radius 2 is 2.13 bits per heavy atom. The fourth-order valence-electron chi connectivity index (χ4n) is 2.89. The molecule has 6 nitrogen and oxygen atoms in total. The first-order valence-corrected chi connectivity index (χ1v) is 8.73. The monoisotopic (exact) mass is 339 g/mol. The number of hydrogen-bond donors (Lipinski definition) is 2. The van der Waals surface area contributed by atoms with Gasteiger partial charge in [-0.3, -0.25) is 4.90 Å². The van der Waals surface area contributed by atoms with Crippen LogP contribution in [0.15, 0.2) is 22.7 Å². The van der Waals surface area contributed by atoms with E-state index in [0.717, 1.165) is 30.6 Å². The highest BCUT2D eigenvalue weighted by atomic mass is 32.1. The molecule has 1 aromatic rings. The standard InChI is InChI=1S/C16H25N3O3S/c1-16(2,3)22-15(20)19(11-7-4-5-8-11)13(14(17)18-21)12-9-6-10-23-12/h6,9-11,13,21H,4-5,7-8H2,1-3H3,(H2,17,18)/t13-/m1/s1. The minimum absolute atomic E-state index is 0.00482. The van der Waals surface area contributed by atoms with Crippen LogP contribution in [0.5, 0.6) is 0 Å². The molecule has 3 N–H and O–H groups in total. The molecule has 0 unspecified atom stereocenters. The largest absolute Gasteiger partial charge is 0.444 e. The van der Waals surface area contributed by atoms with Gasteiger partial charge in [-0.1, -0.05) is 24.1 Å². The zero-order valence-electron chi connectivity index (χ0n) is 13.9. The van der Waals surface area contributed by atoms with Gasteiger partial charge in [0.05, 0.1) is 0 Å². The van der Waals surface area contributed by atoms with Gasteiger partial charge in [0, 0.05) is 10.9 Å². The Bertz CT molecular complexity index is 545. The third-order valence-electron chi connectivity index (χ3n) is 3.81. The van der Waals surface area contributed by atoms with E-state index in [1.54, 1.807) is 4.90 Å². The van der Waals surface area contributed by atoms with Gasteiger partial charge in [0.2, 0.25) is 0 Å². The molecule has 23 heavy (non-hydrogen) atoms. The summed E-state index contributed by atoms with van der Waals surface area (Å²) in [5.74, 6) is 0.00482. The molecule has 2 rings (SSSR count). The number of rotatable bonds is 4. The van der Waals surface area contributed by atoms with Crippen molar-refractivity contribution in [3.63, 3.8) is 0 Å². The summed E-state index contributed by atoms with van der Waals surface area (Å²) in [7, 11) is 0. The Kier molecular flexibility index (Phi) is 5.51. The number of carbonyl (C=O) groups excluding carboxylic acids is 1. The van der Waals surface area contributed by atoms with Crippen molar-refractivity contribution >= 4 is 23.3 Å². The quantitative estimate of drug-likeness (QED) is 0.379. The molecule has 1 atom stereocenters. The van der Waals surface area contributed by atoms with E-state index in [1.807, 2.05) is 38.3 Å². The predicted octanol–water partition coefficient (Wildman–Crippen LogP) is 3.72. The molecule has 1 fully saturated rings. The van der Waals surface area contributed by atoms with Gasteiger partial charge in [-0.15, -0.1) is 11.3 Å². The number of amidine groups is 1. The molecule has 1 aliphatic rings. The van der Waals surface area contributed by atoms with Gasteiger partial charge < -0.3 is 15.7 Å². The van der Waals surface area contributed by atoms with E-state index in [4.69, 9.17) is 10.5 Å². The van der Waals surface area contributed by atoms with Gasteiger partial charge in [0.25, 0.3) is 0 Å². The van der Waals surface area contributed by atoms with E-state index >= 15 is 0 Å². The molecule has 0 aliphatic heterocycles. The zero-order chi connectivity index (χ0) is 17.0. The summed E-state index contributed by atoms with van der Waals surface area (Å²) in [5, 5.41) is 14.3. The lowest BCUT2D eigenvalue weighted by Crippen LogP contribution is -2.48. The number of thiophene rings is 1. The molecular formula is C16H25N3O3S. The molecule has 0 saturated heterocycles. The number of hydrogen-bond acceptors (Lipinski definition) is 5. The third kappa shape index (κ3) is 4.37. The predicted molar refractivity (Wildman–Crippen MR) is 90.8 cm³/mol. The van der Waals surface area contributed by atoms with E-state index in [0.29, 0.717) is 0 Å². The highest BCUT2D eigenvalue weighted by Gasteiger charge is 2.38. The van der Waals surface area contributed by atoms with Crippen molar-refractivity contribution < 1.29 is 14.7 Å². The summed E-state index contributed by atoms with van der Waals surface area (Å²) in [6.45, 7) is 5.50. The topological polar surface area (TPSA) is 88.2 Å². The second kappa shape index (κ2) is 7.21. The first-order chi connectivity index (χ1) is 10.8. The van der Waals surface area contributed by atoms with Gasteiger partial charge in [-0.25, -0.2) is 4.79 Å². The van der Waals surface area contributed by atoms with Crippen LogP contribution in [0.3, 0.4) is 0 Å². The van der Waals surface area contributed by atoms with Crippen molar-refractivity contribution in [2.45, 2.75) is 64.1 Å². The van der Waals surface area contributed by atoms with Gasteiger partial charge in [-0.05, 0) is 45.1 Å². The second-order valence-corrected chi connectivity index (χ2v) is 7.75. The Morgan fingerprint density at radius 3 is 2.61 bits per heavy atom. The Balaban J connectivity index is 2.38. The summed E-state index contributed by atoms with van der Waals surface area (Å²) in [5.41, 5.74) is 5.34. The Morgan fingerprint density at radius 1 is 1.48 bits per heavy atom. The number of ether oxygens (including phenoxy) is 1. The lowest BCUT2D eigenvalue weighted by molar-refractivity contribution is 0.0116. The number of carbonyl (C=O) groups is 1. The van der Waals surface area contributed by atoms with Crippen LogP contribution >= 0.6 is 11.3 Å². The molecular weight excluding hydrogens is 314 g/mol. The number of oxime groups is 1. The van der Waals surface area contributed by atoms with Gasteiger partial charge in [0.1, 0.15) is 11.6 Å². The van der Waals surface area contributed by atoms with Crippen molar-refractivity contribution in [3.8, 4) is 0 Å². The molecule has 0 spiro atoms. The van der Waals surface area contributed by atoms with Crippen LogP contribution < -0.4 is 5.73 Å². The summed E-state index contributed by atoms with van der Waals surface area (Å²) >= 11 is 1.48. The Hall–Kier alpha value is -1.76. The van der Waals surface area contributed by atoms with E-state index < -0.39 is 17.7 Å². The van der Waals surface area contributed by atoms with E-state index in [-0.39, 0.29) is 11.9 Å². The number of nitrogens with zero attached hydrogens (tertiary/aromatic N) is 2. The van der Waals surface area contributed by atoms with Gasteiger partial charge in [0.15, 0.2) is 5.84 Å². The van der Waals surface area contributed by atoms with Crippen LogP contribution in [0.25, 0.3) is 0 Å². The molecule has 0 bridgehead atoms. The minimum atomic E-state index is -0.599. The molecule has 1 saturated carbocycles. The number of amides is 1. The normalized spacial score (nSPS) is 18.0. The van der Waals surface area contributed by atoms with E-state index in [9.17, 15) is 10.0 Å². The van der Waals surface area contributed by atoms with E-state index in [1.165, 1.54) is 11.3 Å². The van der Waals surface area contributed by atoms with Crippen LogP contribution in [0, 0.1) is 0 Å². The molecule has 1 amide bonds. The summed E-state index contributed by atoms with van der Waals surface area (Å²) < 4.78 is 5.59. The average Bonchev–Trinajstić information content (AvgIpc) is 3.14. The SMILES string of the molecule is CC(C)(C)OC(=O)N(C1CCCC1)[C@@H](C(N)=NO)c1cccs1. The molecule has 1 aromatic heterocycles. The van der Waals surface area contributed by atoms with E-state index in [2.05, 4.69) is 5.16 Å². The highest BCUT2D eigenvalue weighted by Crippen LogP contribution is 2.34. The fourth-order valence-corrected chi connectivity index (χ4v) is 3.72. The molecule has 0 radical (unpaired) electrons. The molecule has 128 valence electrons. The minimum Gasteiger partial charge on any atom is -0.444 e. The Labute approximate surface area is 140 Å². The first kappa shape index (κ1) is 17.6. The lowest BCUT2D eigenvalue weighted by Gasteiger charge is -2.36. The van der Waals surface area contributed by atoms with Crippen molar-refractivity contribution in [3.05, 3.63) is 22.4 Å². The summed E-state index contributed by atoms with van der Waals surface area (Å²) in [4.78, 5) is 15.3. The maximum atomic E-state index is 12.8. The summed E-state index contributed by atoms with van der Waals surface area (Å²) in [6.07, 6.45) is 3.52. The maximum absolute atomic E-state index is 12.8. The van der Waals surface area contributed by atoms with Gasteiger partial charge >= 0.3 is 6.09 Å². The highest BCUT2D eigenvalue weighted by molar-refractivity contribution is 7.10. The van der Waals surface area contributed by atoms with Crippen LogP contribution in [0.2, 0.25) is 0 Å². The molecule has 0 aromatic carbocycles. The molecule has 1 aliphatic carbocycles. The zero-order valence-corrected chi connectivity index (χ0v) is 14.7. The lowest BCUT2D eigenvalue weighted by atomic mass is 10.1. The second-order valence-electron chi connectivity index (χ2n) is 6.77.